The van der Waals surface area contributed by atoms with Crippen LogP contribution in [-0.4, -0.2) is 32.2 Å². The smallest absolute Gasteiger partial charge is 0.255 e. The van der Waals surface area contributed by atoms with Crippen LogP contribution in [0.5, 0.6) is 0 Å². The average molecular weight is 394 g/mol. The molecular weight excluding hydrogens is 362 g/mol. The van der Waals surface area contributed by atoms with Gasteiger partial charge in [0.2, 0.25) is 0 Å². The number of carbonyl (C=O) groups excluding carboxylic acids is 1. The molecule has 2 heterocycles. The van der Waals surface area contributed by atoms with Gasteiger partial charge in [-0.3, -0.25) is 10.1 Å². The molecule has 1 aromatic carbocycles. The number of anilines is 2. The molecule has 0 aromatic heterocycles. The van der Waals surface area contributed by atoms with Crippen molar-refractivity contribution in [2.24, 2.45) is 0 Å². The summed E-state index contributed by atoms with van der Waals surface area (Å²) in [6, 6.07) is 6.08. The second-order valence-electron chi connectivity index (χ2n) is 7.90. The quantitative estimate of drug-likeness (QED) is 0.461. The molecule has 0 spiro atoms. The summed E-state index contributed by atoms with van der Waals surface area (Å²) in [4.78, 5) is 12.9. The predicted octanol–water partition coefficient (Wildman–Crippen LogP) is 2.97. The first-order valence-corrected chi connectivity index (χ1v) is 9.99. The van der Waals surface area contributed by atoms with Gasteiger partial charge in [0.05, 0.1) is 5.57 Å². The normalized spacial score (nSPS) is 19.9. The van der Waals surface area contributed by atoms with E-state index in [1.54, 1.807) is 0 Å². The Labute approximate surface area is 173 Å². The van der Waals surface area contributed by atoms with Crippen molar-refractivity contribution < 1.29 is 4.79 Å². The Morgan fingerprint density at radius 1 is 1.34 bits per heavy atom. The molecule has 0 bridgehead atoms. The van der Waals surface area contributed by atoms with Gasteiger partial charge in [0.15, 0.2) is 0 Å². The molecule has 0 saturated heterocycles. The second kappa shape index (κ2) is 9.01. The second-order valence-corrected chi connectivity index (χ2v) is 7.90. The van der Waals surface area contributed by atoms with E-state index < -0.39 is 0 Å². The Kier molecular flexibility index (Phi) is 6.44. The molecule has 1 unspecified atom stereocenters. The van der Waals surface area contributed by atoms with Crippen LogP contribution in [0.15, 0.2) is 66.0 Å². The van der Waals surface area contributed by atoms with Gasteiger partial charge >= 0.3 is 0 Å². The minimum absolute atomic E-state index is 0.111. The number of rotatable bonds is 7. The summed E-state index contributed by atoms with van der Waals surface area (Å²) in [5.74, 6) is -0.121. The molecule has 0 radical (unpaired) electrons. The lowest BCUT2D eigenvalue weighted by Gasteiger charge is -2.24. The van der Waals surface area contributed by atoms with Crippen molar-refractivity contribution in [2.75, 3.05) is 30.8 Å². The number of hydrogen-bond acceptors (Lipinski definition) is 5. The fraction of sp³-hybridized carbons (Fsp3) is 0.348. The van der Waals surface area contributed by atoms with Crippen molar-refractivity contribution in [1.82, 2.24) is 16.0 Å². The summed E-state index contributed by atoms with van der Waals surface area (Å²) in [5.41, 5.74) is 5.05. The predicted molar refractivity (Wildman–Crippen MR) is 121 cm³/mol. The maximum atomic E-state index is 12.9. The Hall–Kier alpha value is -2.99. The highest BCUT2D eigenvalue weighted by Crippen LogP contribution is 2.37. The summed E-state index contributed by atoms with van der Waals surface area (Å²) in [6.45, 7) is 7.98. The Morgan fingerprint density at radius 2 is 2.17 bits per heavy atom. The molecule has 5 N–H and O–H groups in total. The Bertz CT molecular complexity index is 879. The first kappa shape index (κ1) is 20.7. The van der Waals surface area contributed by atoms with E-state index in [2.05, 4.69) is 46.5 Å². The van der Waals surface area contributed by atoms with E-state index >= 15 is 0 Å². The van der Waals surface area contributed by atoms with E-state index in [1.807, 2.05) is 62.8 Å². The summed E-state index contributed by atoms with van der Waals surface area (Å²) < 4.78 is 0. The highest BCUT2D eigenvalue weighted by molar-refractivity contribution is 6.05. The van der Waals surface area contributed by atoms with Crippen LogP contribution in [-0.2, 0) is 10.2 Å². The molecule has 29 heavy (non-hydrogen) atoms. The maximum absolute atomic E-state index is 12.9. The number of nitrogens with one attached hydrogen (secondary N) is 5. The highest BCUT2D eigenvalue weighted by Gasteiger charge is 2.30. The van der Waals surface area contributed by atoms with Gasteiger partial charge in [0, 0.05) is 36.9 Å². The van der Waals surface area contributed by atoms with Gasteiger partial charge in [0.1, 0.15) is 6.17 Å². The molecule has 6 heteroatoms. The van der Waals surface area contributed by atoms with Crippen LogP contribution in [0.3, 0.4) is 0 Å². The summed E-state index contributed by atoms with van der Waals surface area (Å²) in [7, 11) is 1.87. The van der Waals surface area contributed by atoms with Crippen molar-refractivity contribution in [3.05, 3.63) is 71.6 Å². The summed E-state index contributed by atoms with van der Waals surface area (Å²) >= 11 is 0. The minimum atomic E-state index is -0.260. The molecule has 2 aliphatic heterocycles. The SMILES string of the molecule is C/C=C(\C=C/NC)CNC1NC=CC=C1C(=O)Nc1ccc2c(c1)NCC2(C)C. The van der Waals surface area contributed by atoms with Gasteiger partial charge in [-0.05, 0) is 60.8 Å². The van der Waals surface area contributed by atoms with Crippen molar-refractivity contribution in [3.8, 4) is 0 Å². The lowest BCUT2D eigenvalue weighted by Crippen LogP contribution is -2.46. The summed E-state index contributed by atoms with van der Waals surface area (Å²) in [5, 5.41) is 16.1. The Balaban J connectivity index is 1.67. The largest absolute Gasteiger partial charge is 0.394 e. The zero-order chi connectivity index (χ0) is 20.9. The van der Waals surface area contributed by atoms with E-state index in [4.69, 9.17) is 0 Å². The van der Waals surface area contributed by atoms with Crippen LogP contribution in [0.25, 0.3) is 0 Å². The minimum Gasteiger partial charge on any atom is -0.394 e. The molecule has 1 atom stereocenters. The third-order valence-corrected chi connectivity index (χ3v) is 5.28. The molecule has 1 amide bonds. The molecular formula is C23H31N5O. The number of hydrogen-bond donors (Lipinski definition) is 5. The van der Waals surface area contributed by atoms with Gasteiger partial charge in [-0.2, -0.15) is 0 Å². The molecule has 2 aliphatic rings. The number of allylic oxidation sites excluding steroid dienone is 3. The lowest BCUT2D eigenvalue weighted by molar-refractivity contribution is -0.113. The van der Waals surface area contributed by atoms with Crippen LogP contribution < -0.4 is 26.6 Å². The van der Waals surface area contributed by atoms with E-state index in [1.165, 1.54) is 5.56 Å². The third kappa shape index (κ3) is 4.90. The van der Waals surface area contributed by atoms with E-state index in [0.717, 1.165) is 23.5 Å². The molecule has 3 rings (SSSR count). The molecule has 0 fully saturated rings. The van der Waals surface area contributed by atoms with Crippen LogP contribution >= 0.6 is 0 Å². The fourth-order valence-electron chi connectivity index (χ4n) is 3.51. The maximum Gasteiger partial charge on any atom is 0.255 e. The first-order valence-electron chi connectivity index (χ1n) is 9.99. The molecule has 6 nitrogen and oxygen atoms in total. The number of benzene rings is 1. The van der Waals surface area contributed by atoms with Gasteiger partial charge in [-0.25, -0.2) is 0 Å². The van der Waals surface area contributed by atoms with Crippen molar-refractivity contribution in [1.29, 1.82) is 0 Å². The third-order valence-electron chi connectivity index (χ3n) is 5.28. The van der Waals surface area contributed by atoms with Crippen LogP contribution in [0.2, 0.25) is 0 Å². The zero-order valence-electron chi connectivity index (χ0n) is 17.6. The number of fused-ring (bicyclic) bond motifs is 1. The van der Waals surface area contributed by atoms with E-state index in [0.29, 0.717) is 12.1 Å². The van der Waals surface area contributed by atoms with Crippen LogP contribution in [0.1, 0.15) is 26.3 Å². The zero-order valence-corrected chi connectivity index (χ0v) is 17.6. The van der Waals surface area contributed by atoms with Crippen LogP contribution in [0.4, 0.5) is 11.4 Å². The number of dihydropyridines is 1. The number of amides is 1. The summed E-state index contributed by atoms with van der Waals surface area (Å²) in [6.07, 6.45) is 11.2. The van der Waals surface area contributed by atoms with Crippen LogP contribution in [0, 0.1) is 0 Å². The Morgan fingerprint density at radius 3 is 2.93 bits per heavy atom. The van der Waals surface area contributed by atoms with Gasteiger partial charge in [0.25, 0.3) is 5.91 Å². The van der Waals surface area contributed by atoms with Crippen molar-refractivity contribution >= 4 is 17.3 Å². The molecule has 0 saturated carbocycles. The first-order chi connectivity index (χ1) is 13.9. The fourth-order valence-corrected chi connectivity index (χ4v) is 3.51. The van der Waals surface area contributed by atoms with Crippen molar-refractivity contribution in [3.63, 3.8) is 0 Å². The molecule has 1 aromatic rings. The van der Waals surface area contributed by atoms with Crippen molar-refractivity contribution in [2.45, 2.75) is 32.4 Å². The highest BCUT2D eigenvalue weighted by atomic mass is 16.1. The monoisotopic (exact) mass is 393 g/mol. The van der Waals surface area contributed by atoms with Gasteiger partial charge < -0.3 is 21.3 Å². The molecule has 0 aliphatic carbocycles. The standard InChI is InChI=1S/C23H31N5O/c1-5-16(10-12-24-4)14-26-21-18(7-6-11-25-21)22(29)28-17-8-9-19-20(13-17)27-15-23(19,2)3/h5-13,21,24-27H,14-15H2,1-4H3,(H,28,29)/b12-10-,16-5+. The lowest BCUT2D eigenvalue weighted by atomic mass is 9.87. The topological polar surface area (TPSA) is 77.2 Å². The number of carbonyl (C=O) groups is 1. The van der Waals surface area contributed by atoms with E-state index in [-0.39, 0.29) is 17.5 Å². The van der Waals surface area contributed by atoms with E-state index in [9.17, 15) is 4.79 Å². The van der Waals surface area contributed by atoms with Gasteiger partial charge in [-0.1, -0.05) is 26.0 Å². The average Bonchev–Trinajstić information content (AvgIpc) is 3.02. The molecule has 154 valence electrons. The van der Waals surface area contributed by atoms with Gasteiger partial charge in [-0.15, -0.1) is 0 Å².